The first kappa shape index (κ1) is 24.2. The molecule has 1 heterocycles. The Morgan fingerprint density at radius 1 is 0.892 bits per heavy atom. The molecule has 4 aromatic carbocycles. The van der Waals surface area contributed by atoms with Crippen molar-refractivity contribution < 1.29 is 23.4 Å². The van der Waals surface area contributed by atoms with Gasteiger partial charge in [-0.1, -0.05) is 30.3 Å². The summed E-state index contributed by atoms with van der Waals surface area (Å²) in [6.45, 7) is 2.61. The molecule has 1 N–H and O–H groups in total. The molecule has 0 aliphatic carbocycles. The van der Waals surface area contributed by atoms with Crippen LogP contribution in [0.15, 0.2) is 91.0 Å². The van der Waals surface area contributed by atoms with E-state index >= 15 is 0 Å². The molecule has 5 rings (SSSR count). The Morgan fingerprint density at radius 2 is 1.65 bits per heavy atom. The van der Waals surface area contributed by atoms with Crippen LogP contribution >= 0.6 is 0 Å². The Morgan fingerprint density at radius 3 is 2.38 bits per heavy atom. The third-order valence-electron chi connectivity index (χ3n) is 6.17. The predicted molar refractivity (Wildman–Crippen MR) is 141 cm³/mol. The fraction of sp³-hybridized carbons (Fsp3) is 0.167. The van der Waals surface area contributed by atoms with Gasteiger partial charge in [0.2, 0.25) is 0 Å². The van der Waals surface area contributed by atoms with Gasteiger partial charge < -0.3 is 19.5 Å². The molecule has 0 bridgehead atoms. The zero-order chi connectivity index (χ0) is 25.8. The lowest BCUT2D eigenvalue weighted by Gasteiger charge is -2.38. The monoisotopic (exact) mass is 498 g/mol. The van der Waals surface area contributed by atoms with Crippen LogP contribution in [0.1, 0.15) is 34.6 Å². The molecule has 0 radical (unpaired) electrons. The van der Waals surface area contributed by atoms with Crippen LogP contribution in [0.5, 0.6) is 17.2 Å². The number of carbonyl (C=O) groups is 1. The SMILES string of the molecule is CCOc1cc([C@H]2Nc3ccccc3C(=O)N2c2ccc(OC)cc2)ccc1OCc1ccc(F)cc1. The topological polar surface area (TPSA) is 60.0 Å². The van der Waals surface area contributed by atoms with Gasteiger partial charge in [0.05, 0.1) is 19.3 Å². The van der Waals surface area contributed by atoms with Crippen LogP contribution in [0.4, 0.5) is 15.8 Å². The number of amides is 1. The summed E-state index contributed by atoms with van der Waals surface area (Å²) in [5.74, 6) is 1.43. The van der Waals surface area contributed by atoms with Gasteiger partial charge in [0.25, 0.3) is 5.91 Å². The molecule has 1 aliphatic heterocycles. The molecule has 188 valence electrons. The van der Waals surface area contributed by atoms with Crippen molar-refractivity contribution in [2.45, 2.75) is 19.7 Å². The van der Waals surface area contributed by atoms with Crippen molar-refractivity contribution in [1.82, 2.24) is 0 Å². The highest BCUT2D eigenvalue weighted by molar-refractivity contribution is 6.12. The molecule has 0 fully saturated rings. The van der Waals surface area contributed by atoms with E-state index in [0.29, 0.717) is 29.4 Å². The van der Waals surface area contributed by atoms with Crippen molar-refractivity contribution in [2.24, 2.45) is 0 Å². The number of methoxy groups -OCH3 is 1. The molecule has 1 atom stereocenters. The second-order valence-electron chi connectivity index (χ2n) is 8.52. The number of carbonyl (C=O) groups excluding carboxylic acids is 1. The van der Waals surface area contributed by atoms with Crippen molar-refractivity contribution in [3.63, 3.8) is 0 Å². The normalized spacial score (nSPS) is 14.5. The van der Waals surface area contributed by atoms with Crippen LogP contribution in [-0.2, 0) is 6.61 Å². The summed E-state index contributed by atoms with van der Waals surface area (Å²) in [6.07, 6.45) is -0.485. The molecule has 0 spiro atoms. The quantitative estimate of drug-likeness (QED) is 0.297. The van der Waals surface area contributed by atoms with Crippen LogP contribution in [0, 0.1) is 5.82 Å². The lowest BCUT2D eigenvalue weighted by atomic mass is 10.0. The molecule has 0 aromatic heterocycles. The molecule has 0 unspecified atom stereocenters. The van der Waals surface area contributed by atoms with E-state index in [2.05, 4.69) is 5.32 Å². The molecule has 6 nitrogen and oxygen atoms in total. The molecular weight excluding hydrogens is 471 g/mol. The van der Waals surface area contributed by atoms with Gasteiger partial charge in [-0.3, -0.25) is 9.69 Å². The first-order chi connectivity index (χ1) is 18.1. The fourth-order valence-corrected chi connectivity index (χ4v) is 4.32. The highest BCUT2D eigenvalue weighted by Gasteiger charge is 2.34. The van der Waals surface area contributed by atoms with Crippen molar-refractivity contribution in [3.8, 4) is 17.2 Å². The number of anilines is 2. The fourth-order valence-electron chi connectivity index (χ4n) is 4.32. The van der Waals surface area contributed by atoms with Gasteiger partial charge in [-0.2, -0.15) is 0 Å². The summed E-state index contributed by atoms with van der Waals surface area (Å²) in [7, 11) is 1.61. The summed E-state index contributed by atoms with van der Waals surface area (Å²) in [6, 6.07) is 26.7. The summed E-state index contributed by atoms with van der Waals surface area (Å²) >= 11 is 0. The van der Waals surface area contributed by atoms with E-state index in [0.717, 1.165) is 22.5 Å². The molecular formula is C30H27FN2O4. The molecule has 7 heteroatoms. The number of ether oxygens (including phenoxy) is 3. The molecule has 1 aliphatic rings. The van der Waals surface area contributed by atoms with E-state index in [4.69, 9.17) is 14.2 Å². The molecule has 0 saturated carbocycles. The third kappa shape index (κ3) is 5.07. The minimum atomic E-state index is -0.485. The van der Waals surface area contributed by atoms with E-state index in [9.17, 15) is 9.18 Å². The molecule has 4 aromatic rings. The molecule has 37 heavy (non-hydrogen) atoms. The summed E-state index contributed by atoms with van der Waals surface area (Å²) in [5, 5.41) is 3.51. The number of fused-ring (bicyclic) bond motifs is 1. The van der Waals surface area contributed by atoms with Crippen LogP contribution in [-0.4, -0.2) is 19.6 Å². The number of nitrogens with zero attached hydrogens (tertiary/aromatic N) is 1. The number of hydrogen-bond donors (Lipinski definition) is 1. The van der Waals surface area contributed by atoms with E-state index in [1.165, 1.54) is 12.1 Å². The highest BCUT2D eigenvalue weighted by Crippen LogP contribution is 2.40. The number of hydrogen-bond acceptors (Lipinski definition) is 5. The van der Waals surface area contributed by atoms with E-state index in [1.807, 2.05) is 73.7 Å². The number of rotatable bonds is 8. The highest BCUT2D eigenvalue weighted by atomic mass is 19.1. The van der Waals surface area contributed by atoms with E-state index < -0.39 is 6.17 Å². The number of nitrogens with one attached hydrogen (secondary N) is 1. The second kappa shape index (κ2) is 10.6. The lowest BCUT2D eigenvalue weighted by Crippen LogP contribution is -2.43. The minimum Gasteiger partial charge on any atom is -0.497 e. The van der Waals surface area contributed by atoms with Gasteiger partial charge in [0, 0.05) is 11.4 Å². The minimum absolute atomic E-state index is 0.112. The summed E-state index contributed by atoms with van der Waals surface area (Å²) < 4.78 is 30.5. The predicted octanol–water partition coefficient (Wildman–Crippen LogP) is 6.58. The summed E-state index contributed by atoms with van der Waals surface area (Å²) in [5.41, 5.74) is 3.76. The number of halogens is 1. The maximum atomic E-state index is 13.7. The van der Waals surface area contributed by atoms with Crippen molar-refractivity contribution in [1.29, 1.82) is 0 Å². The van der Waals surface area contributed by atoms with Gasteiger partial charge >= 0.3 is 0 Å². The lowest BCUT2D eigenvalue weighted by molar-refractivity contribution is 0.0975. The van der Waals surface area contributed by atoms with E-state index in [1.54, 1.807) is 24.1 Å². The maximum Gasteiger partial charge on any atom is 0.262 e. The van der Waals surface area contributed by atoms with Crippen molar-refractivity contribution in [2.75, 3.05) is 23.9 Å². The van der Waals surface area contributed by atoms with Crippen LogP contribution < -0.4 is 24.4 Å². The Labute approximate surface area is 215 Å². The zero-order valence-corrected chi connectivity index (χ0v) is 20.6. The van der Waals surface area contributed by atoms with Crippen LogP contribution in [0.2, 0.25) is 0 Å². The van der Waals surface area contributed by atoms with E-state index in [-0.39, 0.29) is 18.3 Å². The van der Waals surface area contributed by atoms with Crippen molar-refractivity contribution in [3.05, 3.63) is 114 Å². The van der Waals surface area contributed by atoms with Gasteiger partial charge in [-0.15, -0.1) is 0 Å². The maximum absolute atomic E-state index is 13.7. The van der Waals surface area contributed by atoms with Gasteiger partial charge in [0.15, 0.2) is 11.5 Å². The Hall–Kier alpha value is -4.52. The molecule has 1 amide bonds. The first-order valence-corrected chi connectivity index (χ1v) is 12.0. The average Bonchev–Trinajstić information content (AvgIpc) is 2.93. The third-order valence-corrected chi connectivity index (χ3v) is 6.17. The average molecular weight is 499 g/mol. The van der Waals surface area contributed by atoms with Gasteiger partial charge in [-0.25, -0.2) is 4.39 Å². The Kier molecular flexibility index (Phi) is 6.94. The first-order valence-electron chi connectivity index (χ1n) is 12.0. The standard InChI is InChI=1S/C30H27FN2O4/c1-3-36-28-18-21(10-17-27(28)37-19-20-8-11-22(31)12-9-20)29-32-26-7-5-4-6-25(26)30(34)33(29)23-13-15-24(35-2)16-14-23/h4-18,29,32H,3,19H2,1-2H3/t29-/m0/s1. The zero-order valence-electron chi connectivity index (χ0n) is 20.6. The Balaban J connectivity index is 1.50. The van der Waals surface area contributed by atoms with Gasteiger partial charge in [-0.05, 0) is 78.7 Å². The largest absolute Gasteiger partial charge is 0.497 e. The second-order valence-corrected chi connectivity index (χ2v) is 8.52. The smallest absolute Gasteiger partial charge is 0.262 e. The number of benzene rings is 4. The van der Waals surface area contributed by atoms with Crippen LogP contribution in [0.25, 0.3) is 0 Å². The number of para-hydroxylation sites is 1. The van der Waals surface area contributed by atoms with Crippen LogP contribution in [0.3, 0.4) is 0 Å². The van der Waals surface area contributed by atoms with Crippen molar-refractivity contribution >= 4 is 17.3 Å². The summed E-state index contributed by atoms with van der Waals surface area (Å²) in [4.78, 5) is 15.4. The molecule has 0 saturated heterocycles. The Bertz CT molecular complexity index is 1390. The van der Waals surface area contributed by atoms with Gasteiger partial charge in [0.1, 0.15) is 24.3 Å².